The zero-order valence-corrected chi connectivity index (χ0v) is 8.23. The fourth-order valence-electron chi connectivity index (χ4n) is 0. The van der Waals surface area contributed by atoms with E-state index >= 15 is 0 Å². The molecule has 0 aliphatic heterocycles. The molecular weight excluding hydrogens is 263 g/mol. The Bertz CT molecular complexity index is 138. The lowest BCUT2D eigenvalue weighted by Gasteiger charge is -1.84. The fraction of sp³-hybridized carbons (Fsp3) is 0.500. The van der Waals surface area contributed by atoms with Crippen molar-refractivity contribution in [2.24, 2.45) is 0 Å². The van der Waals surface area contributed by atoms with Crippen LogP contribution in [0.2, 0.25) is 0 Å². The molecule has 2 N–H and O–H groups in total. The summed E-state index contributed by atoms with van der Waals surface area (Å²) in [5.41, 5.74) is 0. The topological polar surface area (TPSA) is 74.6 Å². The maximum atomic E-state index is 9.44. The molecule has 66 valence electrons. The van der Waals surface area contributed by atoms with Crippen LogP contribution in [0, 0.1) is 0 Å². The maximum Gasteiger partial charge on any atom is 0.337 e. The Morgan fingerprint density at radius 3 is 1.55 bits per heavy atom. The smallest absolute Gasteiger partial charge is 0.337 e. The number of hydrogen-bond donors (Lipinski definition) is 2. The highest BCUT2D eigenvalue weighted by molar-refractivity contribution is 9.09. The van der Waals surface area contributed by atoms with Crippen LogP contribution in [0.3, 0.4) is 0 Å². The normalized spacial score (nSPS) is 8.36. The van der Waals surface area contributed by atoms with E-state index in [-0.39, 0.29) is 5.33 Å². The first-order valence-electron chi connectivity index (χ1n) is 2.20. The van der Waals surface area contributed by atoms with Gasteiger partial charge in [0.25, 0.3) is 0 Å². The Morgan fingerprint density at radius 2 is 1.55 bits per heavy atom. The number of carboxylic acids is 2. The Balaban J connectivity index is 0. The summed E-state index contributed by atoms with van der Waals surface area (Å²) in [6, 6.07) is 0. The lowest BCUT2D eigenvalue weighted by Crippen LogP contribution is -2.03. The molecule has 11 heavy (non-hydrogen) atoms. The first kappa shape index (κ1) is 13.6. The van der Waals surface area contributed by atoms with Crippen LogP contribution >= 0.6 is 39.1 Å². The second kappa shape index (κ2) is 8.10. The third-order valence-corrected chi connectivity index (χ3v) is 1.15. The van der Waals surface area contributed by atoms with Gasteiger partial charge in [-0.05, 0) is 0 Å². The Kier molecular flexibility index (Phi) is 10.0. The first-order chi connectivity index (χ1) is 4.91. The second-order valence-corrected chi connectivity index (χ2v) is 2.82. The summed E-state index contributed by atoms with van der Waals surface area (Å²) in [7, 11) is 0. The van der Waals surface area contributed by atoms with E-state index in [4.69, 9.17) is 33.4 Å². The van der Waals surface area contributed by atoms with Crippen molar-refractivity contribution in [3.63, 3.8) is 0 Å². The molecule has 0 aliphatic carbocycles. The molecule has 0 aromatic rings. The van der Waals surface area contributed by atoms with Gasteiger partial charge < -0.3 is 10.2 Å². The van der Waals surface area contributed by atoms with Gasteiger partial charge in [-0.15, -0.1) is 0 Å². The van der Waals surface area contributed by atoms with Gasteiger partial charge >= 0.3 is 11.9 Å². The highest BCUT2D eigenvalue weighted by Crippen LogP contribution is 1.98. The third-order valence-electron chi connectivity index (χ3n) is 0.301. The van der Waals surface area contributed by atoms with E-state index in [0.717, 1.165) is 0 Å². The summed E-state index contributed by atoms with van der Waals surface area (Å²) < 4.78 is 0. The molecular formula is C4H5BrCl2O4. The van der Waals surface area contributed by atoms with Crippen molar-refractivity contribution in [2.45, 2.75) is 4.84 Å². The van der Waals surface area contributed by atoms with Gasteiger partial charge in [0.2, 0.25) is 4.84 Å². The van der Waals surface area contributed by atoms with Gasteiger partial charge in [0.15, 0.2) is 0 Å². The van der Waals surface area contributed by atoms with Crippen LogP contribution in [0.25, 0.3) is 0 Å². The van der Waals surface area contributed by atoms with E-state index in [1.807, 2.05) is 0 Å². The zero-order chi connectivity index (χ0) is 9.44. The number of hydrogen-bond acceptors (Lipinski definition) is 2. The monoisotopic (exact) mass is 266 g/mol. The minimum atomic E-state index is -1.29. The summed E-state index contributed by atoms with van der Waals surface area (Å²) in [6.07, 6.45) is 0. The molecule has 0 unspecified atom stereocenters. The van der Waals surface area contributed by atoms with Crippen molar-refractivity contribution < 1.29 is 19.8 Å². The highest BCUT2D eigenvalue weighted by Gasteiger charge is 2.05. The van der Waals surface area contributed by atoms with Gasteiger partial charge in [-0.2, -0.15) is 0 Å². The predicted molar refractivity (Wildman–Crippen MR) is 44.6 cm³/mol. The molecule has 0 saturated heterocycles. The van der Waals surface area contributed by atoms with Gasteiger partial charge in [-0.3, -0.25) is 4.79 Å². The van der Waals surface area contributed by atoms with Crippen LogP contribution in [0.1, 0.15) is 0 Å². The van der Waals surface area contributed by atoms with E-state index < -0.39 is 16.8 Å². The molecule has 0 atom stereocenters. The molecule has 0 aliphatic rings. The summed E-state index contributed by atoms with van der Waals surface area (Å²) in [5, 5.41) is 15.4. The molecule has 4 nitrogen and oxygen atoms in total. The number of carboxylic acid groups (broad SMARTS) is 2. The Hall–Kier alpha value is -0.000000000000000111. The molecule has 0 spiro atoms. The van der Waals surface area contributed by atoms with Crippen LogP contribution in [0.5, 0.6) is 0 Å². The molecule has 0 heterocycles. The predicted octanol–water partition coefficient (Wildman–Crippen LogP) is 1.34. The highest BCUT2D eigenvalue weighted by atomic mass is 79.9. The van der Waals surface area contributed by atoms with E-state index in [0.29, 0.717) is 0 Å². The molecule has 0 amide bonds. The fourth-order valence-corrected chi connectivity index (χ4v) is 0. The van der Waals surface area contributed by atoms with Crippen LogP contribution in [-0.4, -0.2) is 32.3 Å². The van der Waals surface area contributed by atoms with E-state index in [9.17, 15) is 9.59 Å². The van der Waals surface area contributed by atoms with Crippen molar-refractivity contribution in [1.82, 2.24) is 0 Å². The molecule has 0 radical (unpaired) electrons. The minimum Gasteiger partial charge on any atom is -0.481 e. The molecule has 0 fully saturated rings. The molecule has 0 rings (SSSR count). The van der Waals surface area contributed by atoms with Crippen LogP contribution in [0.15, 0.2) is 0 Å². The summed E-state index contributed by atoms with van der Waals surface area (Å²) in [4.78, 5) is 17.5. The van der Waals surface area contributed by atoms with Gasteiger partial charge in [0.1, 0.15) is 5.33 Å². The largest absolute Gasteiger partial charge is 0.481 e. The van der Waals surface area contributed by atoms with Gasteiger partial charge in [-0.1, -0.05) is 39.1 Å². The van der Waals surface area contributed by atoms with Crippen molar-refractivity contribution in [3.8, 4) is 0 Å². The number of halogens is 3. The molecule has 7 heteroatoms. The standard InChI is InChI=1S/C2H3BrO2.C2H2Cl2O2/c3-1-2(4)5;3-1(4)2(5)6/h1H2,(H,4,5);1H,(H,5,6). The maximum absolute atomic E-state index is 9.44. The summed E-state index contributed by atoms with van der Waals surface area (Å²) in [5.74, 6) is -2.04. The number of carbonyl (C=O) groups is 2. The molecule has 0 aromatic heterocycles. The molecule has 0 saturated carbocycles. The second-order valence-electron chi connectivity index (χ2n) is 1.17. The lowest BCUT2D eigenvalue weighted by atomic mass is 10.8. The number of rotatable bonds is 2. The van der Waals surface area contributed by atoms with Gasteiger partial charge in [0.05, 0.1) is 0 Å². The van der Waals surface area contributed by atoms with Gasteiger partial charge in [0, 0.05) is 0 Å². The summed E-state index contributed by atoms with van der Waals surface area (Å²) in [6.45, 7) is 0. The van der Waals surface area contributed by atoms with E-state index in [1.54, 1.807) is 0 Å². The van der Waals surface area contributed by atoms with E-state index in [1.165, 1.54) is 0 Å². The number of alkyl halides is 3. The quantitative estimate of drug-likeness (QED) is 0.741. The lowest BCUT2D eigenvalue weighted by molar-refractivity contribution is -0.135. The van der Waals surface area contributed by atoms with Crippen molar-refractivity contribution in [1.29, 1.82) is 0 Å². The zero-order valence-electron chi connectivity index (χ0n) is 5.13. The Labute approximate surface area is 81.2 Å². The average molecular weight is 268 g/mol. The van der Waals surface area contributed by atoms with Crippen LogP contribution in [-0.2, 0) is 9.59 Å². The molecule has 0 aromatic carbocycles. The average Bonchev–Trinajstić information content (AvgIpc) is 1.89. The Morgan fingerprint density at radius 1 is 1.36 bits per heavy atom. The number of aliphatic carboxylic acids is 2. The van der Waals surface area contributed by atoms with Crippen molar-refractivity contribution in [3.05, 3.63) is 0 Å². The molecule has 0 bridgehead atoms. The first-order valence-corrected chi connectivity index (χ1v) is 4.20. The summed E-state index contributed by atoms with van der Waals surface area (Å²) >= 11 is 12.3. The minimum absolute atomic E-state index is 0.0347. The SMILES string of the molecule is O=C(O)C(Cl)Cl.O=C(O)CBr. The van der Waals surface area contributed by atoms with Crippen LogP contribution in [0.4, 0.5) is 0 Å². The van der Waals surface area contributed by atoms with Crippen molar-refractivity contribution in [2.75, 3.05) is 5.33 Å². The van der Waals surface area contributed by atoms with Gasteiger partial charge in [-0.25, -0.2) is 4.79 Å². The van der Waals surface area contributed by atoms with E-state index in [2.05, 4.69) is 15.9 Å². The third kappa shape index (κ3) is 17.8. The van der Waals surface area contributed by atoms with Crippen LogP contribution < -0.4 is 0 Å². The van der Waals surface area contributed by atoms with Crippen molar-refractivity contribution >= 4 is 51.1 Å².